The molecule has 0 nitrogen and oxygen atoms in total. The lowest BCUT2D eigenvalue weighted by Crippen LogP contribution is -2.21. The van der Waals surface area contributed by atoms with Gasteiger partial charge in [-0.05, 0) is 30.4 Å². The van der Waals surface area contributed by atoms with Crippen molar-refractivity contribution in [2.75, 3.05) is 12.9 Å². The van der Waals surface area contributed by atoms with Crippen molar-refractivity contribution in [2.24, 2.45) is 5.41 Å². The monoisotopic (exact) mass is 222 g/mol. The normalized spacial score (nSPS) is 14.1. The van der Waals surface area contributed by atoms with E-state index in [1.807, 2.05) is 0 Å². The molecule has 88 valence electrons. The van der Waals surface area contributed by atoms with Gasteiger partial charge in [-0.15, -0.1) is 0 Å². The molecule has 0 radical (unpaired) electrons. The molecule has 0 bridgehead atoms. The van der Waals surface area contributed by atoms with Crippen LogP contribution in [-0.4, -0.2) is 12.9 Å². The van der Waals surface area contributed by atoms with Gasteiger partial charge in [-0.2, -0.15) is 12.6 Å². The van der Waals surface area contributed by atoms with Gasteiger partial charge in [-0.25, -0.2) is 0 Å². The quantitative estimate of drug-likeness (QED) is 0.583. The molecule has 0 rings (SSSR count). The molecule has 0 aliphatic heterocycles. The van der Waals surface area contributed by atoms with Crippen LogP contribution in [0.1, 0.15) is 59.3 Å². The summed E-state index contributed by atoms with van der Waals surface area (Å²) in [6, 6.07) is 0. The van der Waals surface area contributed by atoms with E-state index in [4.69, 9.17) is 0 Å². The molecule has 1 unspecified atom stereocenters. The van der Waals surface area contributed by atoms with E-state index in [1.54, 1.807) is 0 Å². The number of halogens is 1. The van der Waals surface area contributed by atoms with E-state index in [2.05, 4.69) is 33.4 Å². The Kier molecular flexibility index (Phi) is 13.5. The third kappa shape index (κ3) is 6.69. The maximum atomic E-state index is 9.50. The molecular formula is C12H27FS. The molecule has 0 saturated carbocycles. The molecule has 0 N–H and O–H groups in total. The number of unbranched alkanes of at least 4 members (excludes halogenated alkanes) is 1. The van der Waals surface area contributed by atoms with Gasteiger partial charge in [0.1, 0.15) is 0 Å². The van der Waals surface area contributed by atoms with Gasteiger partial charge in [-0.1, -0.05) is 40.0 Å². The number of thiol groups is 1. The fraction of sp³-hybridized carbons (Fsp3) is 1.00. The van der Waals surface area contributed by atoms with Gasteiger partial charge in [0.25, 0.3) is 0 Å². The fourth-order valence-corrected chi connectivity index (χ4v) is 2.37. The predicted molar refractivity (Wildman–Crippen MR) is 68.0 cm³/mol. The first-order chi connectivity index (χ1) is 6.74. The molecule has 0 aromatic rings. The van der Waals surface area contributed by atoms with Gasteiger partial charge in [0, 0.05) is 0 Å². The Morgan fingerprint density at radius 2 is 1.57 bits per heavy atom. The summed E-state index contributed by atoms with van der Waals surface area (Å²) < 4.78 is 9.50. The molecule has 2 heteroatoms. The molecule has 0 aromatic heterocycles. The van der Waals surface area contributed by atoms with E-state index >= 15 is 0 Å². The minimum absolute atomic E-state index is 0.500. The number of alkyl halides is 1. The second-order valence-corrected chi connectivity index (χ2v) is 4.18. The van der Waals surface area contributed by atoms with Crippen LogP contribution in [0.15, 0.2) is 0 Å². The number of rotatable bonds is 7. The zero-order chi connectivity index (χ0) is 11.4. The smallest absolute Gasteiger partial charge is 0.0785 e. The van der Waals surface area contributed by atoms with Crippen LogP contribution < -0.4 is 0 Å². The molecular weight excluding hydrogens is 195 g/mol. The fourth-order valence-electron chi connectivity index (χ4n) is 1.83. The summed E-state index contributed by atoms with van der Waals surface area (Å²) in [5, 5.41) is 0. The zero-order valence-electron chi connectivity index (χ0n) is 10.3. The second-order valence-electron chi connectivity index (χ2n) is 3.87. The van der Waals surface area contributed by atoms with Crippen molar-refractivity contribution in [3.05, 3.63) is 0 Å². The van der Waals surface area contributed by atoms with E-state index < -0.39 is 0 Å². The van der Waals surface area contributed by atoms with Crippen molar-refractivity contribution in [1.29, 1.82) is 0 Å². The second kappa shape index (κ2) is 11.4. The maximum Gasteiger partial charge on any atom is 0.0785 e. The van der Waals surface area contributed by atoms with Gasteiger partial charge in [-0.3, -0.25) is 4.39 Å². The average Bonchev–Trinajstić information content (AvgIpc) is 2.27. The first kappa shape index (κ1) is 16.7. The van der Waals surface area contributed by atoms with Crippen molar-refractivity contribution < 1.29 is 4.39 Å². The van der Waals surface area contributed by atoms with Gasteiger partial charge >= 0.3 is 0 Å². The minimum atomic E-state index is 0.500. The molecule has 0 fully saturated rings. The summed E-state index contributed by atoms with van der Waals surface area (Å²) in [5.41, 5.74) is 0.549. The SMILES string of the molecule is CCCCC(CC)(CS)CCC.CF. The highest BCUT2D eigenvalue weighted by Gasteiger charge is 2.24. The standard InChI is InChI=1S/C11H24S.CH3F/c1-4-7-9-11(6-3,10-12)8-5-2;1-2/h12H,4-10H2,1-3H3;1H3. The molecule has 0 saturated heterocycles. The highest BCUT2D eigenvalue weighted by molar-refractivity contribution is 7.80. The maximum absolute atomic E-state index is 9.50. The molecule has 0 heterocycles. The van der Waals surface area contributed by atoms with Crippen molar-refractivity contribution in [3.63, 3.8) is 0 Å². The average molecular weight is 222 g/mol. The van der Waals surface area contributed by atoms with E-state index in [1.165, 1.54) is 38.5 Å². The Bertz CT molecular complexity index is 100. The van der Waals surface area contributed by atoms with Crippen LogP contribution >= 0.6 is 12.6 Å². The Hall–Kier alpha value is 0.280. The largest absolute Gasteiger partial charge is 0.255 e. The van der Waals surface area contributed by atoms with Crippen molar-refractivity contribution in [3.8, 4) is 0 Å². The number of hydrogen-bond donors (Lipinski definition) is 1. The summed E-state index contributed by atoms with van der Waals surface area (Å²) in [4.78, 5) is 0. The summed E-state index contributed by atoms with van der Waals surface area (Å²) in [5.74, 6) is 1.07. The molecule has 0 spiro atoms. The van der Waals surface area contributed by atoms with Crippen LogP contribution in [0.2, 0.25) is 0 Å². The predicted octanol–water partition coefficient (Wildman–Crippen LogP) is 4.89. The summed E-state index contributed by atoms with van der Waals surface area (Å²) >= 11 is 4.49. The number of hydrogen-bond acceptors (Lipinski definition) is 1. The van der Waals surface area contributed by atoms with Crippen LogP contribution in [0.3, 0.4) is 0 Å². The lowest BCUT2D eigenvalue weighted by atomic mass is 9.78. The Labute approximate surface area is 95.1 Å². The van der Waals surface area contributed by atoms with Crippen LogP contribution in [0.5, 0.6) is 0 Å². The lowest BCUT2D eigenvalue weighted by Gasteiger charge is -2.30. The molecule has 0 amide bonds. The molecule has 0 aliphatic rings. The first-order valence-electron chi connectivity index (χ1n) is 5.73. The van der Waals surface area contributed by atoms with Crippen LogP contribution in [0.25, 0.3) is 0 Å². The van der Waals surface area contributed by atoms with Gasteiger partial charge in [0.2, 0.25) is 0 Å². The third-order valence-corrected chi connectivity index (χ3v) is 3.60. The van der Waals surface area contributed by atoms with E-state index in [-0.39, 0.29) is 0 Å². The van der Waals surface area contributed by atoms with Crippen LogP contribution in [0, 0.1) is 5.41 Å². The van der Waals surface area contributed by atoms with Crippen LogP contribution in [0.4, 0.5) is 4.39 Å². The van der Waals surface area contributed by atoms with Crippen molar-refractivity contribution >= 4 is 12.6 Å². The molecule has 0 aliphatic carbocycles. The first-order valence-corrected chi connectivity index (χ1v) is 6.36. The molecule has 0 aromatic carbocycles. The Morgan fingerprint density at radius 3 is 1.86 bits per heavy atom. The Morgan fingerprint density at radius 1 is 1.00 bits per heavy atom. The van der Waals surface area contributed by atoms with Crippen molar-refractivity contribution in [1.82, 2.24) is 0 Å². The minimum Gasteiger partial charge on any atom is -0.255 e. The van der Waals surface area contributed by atoms with E-state index in [9.17, 15) is 4.39 Å². The zero-order valence-corrected chi connectivity index (χ0v) is 11.2. The van der Waals surface area contributed by atoms with E-state index in [0.29, 0.717) is 12.6 Å². The van der Waals surface area contributed by atoms with E-state index in [0.717, 1.165) is 5.75 Å². The third-order valence-electron chi connectivity index (χ3n) is 2.93. The van der Waals surface area contributed by atoms with Gasteiger partial charge in [0.15, 0.2) is 0 Å². The van der Waals surface area contributed by atoms with Crippen LogP contribution in [-0.2, 0) is 0 Å². The topological polar surface area (TPSA) is 0 Å². The van der Waals surface area contributed by atoms with Gasteiger partial charge in [0.05, 0.1) is 7.18 Å². The summed E-state index contributed by atoms with van der Waals surface area (Å²) in [7, 11) is 0.500. The highest BCUT2D eigenvalue weighted by Crippen LogP contribution is 2.34. The highest BCUT2D eigenvalue weighted by atomic mass is 32.1. The van der Waals surface area contributed by atoms with Crippen molar-refractivity contribution in [2.45, 2.75) is 59.3 Å². The molecule has 1 atom stereocenters. The molecule has 14 heavy (non-hydrogen) atoms. The summed E-state index contributed by atoms with van der Waals surface area (Å²) in [6.07, 6.45) is 8.01. The van der Waals surface area contributed by atoms with Gasteiger partial charge < -0.3 is 0 Å². The summed E-state index contributed by atoms with van der Waals surface area (Å²) in [6.45, 7) is 6.85. The Balaban J connectivity index is 0. The lowest BCUT2D eigenvalue weighted by molar-refractivity contribution is 0.259.